The van der Waals surface area contributed by atoms with E-state index < -0.39 is 5.97 Å². The molecule has 1 aliphatic rings. The van der Waals surface area contributed by atoms with Crippen molar-refractivity contribution < 1.29 is 9.90 Å². The Bertz CT molecular complexity index is 931. The van der Waals surface area contributed by atoms with Crippen molar-refractivity contribution in [1.82, 2.24) is 14.6 Å². The lowest BCUT2D eigenvalue weighted by atomic mass is 10.0. The molecule has 24 heavy (non-hydrogen) atoms. The maximum atomic E-state index is 11.3. The Morgan fingerprint density at radius 2 is 2.00 bits per heavy atom. The van der Waals surface area contributed by atoms with Gasteiger partial charge in [0.2, 0.25) is 0 Å². The van der Waals surface area contributed by atoms with E-state index in [9.17, 15) is 9.90 Å². The van der Waals surface area contributed by atoms with Gasteiger partial charge < -0.3 is 10.0 Å². The lowest BCUT2D eigenvalue weighted by Crippen LogP contribution is -2.30. The fourth-order valence-electron chi connectivity index (χ4n) is 3.08. The summed E-state index contributed by atoms with van der Waals surface area (Å²) in [5.41, 5.74) is 3.23. The maximum Gasteiger partial charge on any atom is 0.356 e. The average molecular weight is 320 g/mol. The van der Waals surface area contributed by atoms with Crippen LogP contribution < -0.4 is 4.90 Å². The molecule has 0 radical (unpaired) electrons. The molecule has 3 heterocycles. The van der Waals surface area contributed by atoms with Crippen molar-refractivity contribution in [3.05, 3.63) is 66.1 Å². The molecule has 0 spiro atoms. The predicted molar refractivity (Wildman–Crippen MR) is 91.2 cm³/mol. The van der Waals surface area contributed by atoms with E-state index in [2.05, 4.69) is 33.2 Å². The quantitative estimate of drug-likeness (QED) is 0.803. The molecule has 0 saturated heterocycles. The molecule has 2 aromatic heterocycles. The van der Waals surface area contributed by atoms with Gasteiger partial charge in [-0.15, -0.1) is 0 Å². The molecule has 1 aromatic carbocycles. The van der Waals surface area contributed by atoms with E-state index >= 15 is 0 Å². The molecule has 6 heteroatoms. The van der Waals surface area contributed by atoms with Gasteiger partial charge in [0, 0.05) is 13.1 Å². The summed E-state index contributed by atoms with van der Waals surface area (Å²) in [6.07, 6.45) is 6.15. The molecule has 0 atom stereocenters. The predicted octanol–water partition coefficient (Wildman–Crippen LogP) is 2.72. The number of aromatic nitrogens is 3. The highest BCUT2D eigenvalue weighted by Crippen LogP contribution is 2.27. The maximum absolute atomic E-state index is 11.3. The van der Waals surface area contributed by atoms with Crippen LogP contribution >= 0.6 is 0 Å². The molecule has 6 nitrogen and oxygen atoms in total. The summed E-state index contributed by atoms with van der Waals surface area (Å²) in [5.74, 6) is -0.273. The number of anilines is 1. The van der Waals surface area contributed by atoms with E-state index in [1.807, 2.05) is 18.2 Å². The van der Waals surface area contributed by atoms with Crippen molar-refractivity contribution in [2.75, 3.05) is 18.0 Å². The normalized spacial score (nSPS) is 14.7. The minimum absolute atomic E-state index is 0.0644. The Hall–Kier alpha value is -3.15. The number of carbonyl (C=O) groups is 1. The van der Waals surface area contributed by atoms with Gasteiger partial charge >= 0.3 is 5.97 Å². The second-order valence-electron chi connectivity index (χ2n) is 5.71. The number of hydrogen-bond acceptors (Lipinski definition) is 4. The van der Waals surface area contributed by atoms with Gasteiger partial charge in [-0.25, -0.2) is 14.3 Å². The highest BCUT2D eigenvalue weighted by molar-refractivity contribution is 5.88. The standard InChI is InChI=1S/C18H16N4O2/c23-18(24)16-11-19-17(15-8-9-20-22(15)16)21-10-4-7-14(12-21)13-5-2-1-3-6-13/h1-3,5-9,11H,4,10,12H2,(H,23,24). The van der Waals surface area contributed by atoms with Crippen LogP contribution in [0.5, 0.6) is 0 Å². The summed E-state index contributed by atoms with van der Waals surface area (Å²) < 4.78 is 1.44. The Morgan fingerprint density at radius 1 is 1.17 bits per heavy atom. The molecular formula is C18H16N4O2. The first-order chi connectivity index (χ1) is 11.7. The van der Waals surface area contributed by atoms with E-state index in [4.69, 9.17) is 0 Å². The number of benzene rings is 1. The SMILES string of the molecule is O=C(O)c1cnc(N2CCC=C(c3ccccc3)C2)c2ccnn12. The largest absolute Gasteiger partial charge is 0.476 e. The van der Waals surface area contributed by atoms with Crippen molar-refractivity contribution in [1.29, 1.82) is 0 Å². The monoisotopic (exact) mass is 320 g/mol. The first-order valence-electron chi connectivity index (χ1n) is 7.79. The Kier molecular flexibility index (Phi) is 3.49. The van der Waals surface area contributed by atoms with Crippen molar-refractivity contribution >= 4 is 22.9 Å². The Labute approximate surface area is 138 Å². The number of carboxylic acids is 1. The minimum atomic E-state index is -1.04. The molecule has 0 unspecified atom stereocenters. The van der Waals surface area contributed by atoms with Gasteiger partial charge in [-0.05, 0) is 23.6 Å². The summed E-state index contributed by atoms with van der Waals surface area (Å²) in [7, 11) is 0. The van der Waals surface area contributed by atoms with Gasteiger partial charge in [-0.2, -0.15) is 5.10 Å². The Balaban J connectivity index is 1.71. The van der Waals surface area contributed by atoms with Crippen molar-refractivity contribution in [3.63, 3.8) is 0 Å². The van der Waals surface area contributed by atoms with Gasteiger partial charge in [0.05, 0.1) is 12.4 Å². The summed E-state index contributed by atoms with van der Waals surface area (Å²) in [6.45, 7) is 1.58. The van der Waals surface area contributed by atoms with Gasteiger partial charge in [0.1, 0.15) is 5.52 Å². The van der Waals surface area contributed by atoms with Crippen LogP contribution in [0.1, 0.15) is 22.5 Å². The second-order valence-corrected chi connectivity index (χ2v) is 5.71. The lowest BCUT2D eigenvalue weighted by Gasteiger charge is -2.29. The molecule has 120 valence electrons. The van der Waals surface area contributed by atoms with Crippen molar-refractivity contribution in [2.24, 2.45) is 0 Å². The third-order valence-electron chi connectivity index (χ3n) is 4.22. The third-order valence-corrected chi connectivity index (χ3v) is 4.22. The van der Waals surface area contributed by atoms with Crippen LogP contribution in [-0.4, -0.2) is 38.8 Å². The molecular weight excluding hydrogens is 304 g/mol. The molecule has 0 saturated carbocycles. The van der Waals surface area contributed by atoms with E-state index in [0.717, 1.165) is 25.3 Å². The first kappa shape index (κ1) is 14.4. The smallest absolute Gasteiger partial charge is 0.356 e. The van der Waals surface area contributed by atoms with Crippen molar-refractivity contribution in [3.8, 4) is 0 Å². The summed E-state index contributed by atoms with van der Waals surface area (Å²) >= 11 is 0. The van der Waals surface area contributed by atoms with E-state index in [-0.39, 0.29) is 5.69 Å². The highest BCUT2D eigenvalue weighted by atomic mass is 16.4. The minimum Gasteiger partial charge on any atom is -0.476 e. The van der Waals surface area contributed by atoms with Crippen LogP contribution in [0.25, 0.3) is 11.1 Å². The zero-order valence-electron chi connectivity index (χ0n) is 13.0. The Morgan fingerprint density at radius 3 is 2.79 bits per heavy atom. The molecule has 0 bridgehead atoms. The topological polar surface area (TPSA) is 70.7 Å². The van der Waals surface area contributed by atoms with Crippen LogP contribution in [0.15, 0.2) is 54.9 Å². The number of carboxylic acid groups (broad SMARTS) is 1. The fraction of sp³-hybridized carbons (Fsp3) is 0.167. The third kappa shape index (κ3) is 2.42. The van der Waals surface area contributed by atoms with Gasteiger partial charge in [0.15, 0.2) is 11.5 Å². The van der Waals surface area contributed by atoms with Gasteiger partial charge in [0.25, 0.3) is 0 Å². The second kappa shape index (κ2) is 5.81. The number of rotatable bonds is 3. The highest BCUT2D eigenvalue weighted by Gasteiger charge is 2.20. The van der Waals surface area contributed by atoms with E-state index in [1.54, 1.807) is 12.3 Å². The molecule has 1 N–H and O–H groups in total. The van der Waals surface area contributed by atoms with E-state index in [0.29, 0.717) is 5.52 Å². The summed E-state index contributed by atoms with van der Waals surface area (Å²) in [5, 5.41) is 13.4. The number of hydrogen-bond donors (Lipinski definition) is 1. The first-order valence-corrected chi connectivity index (χ1v) is 7.79. The number of aromatic carboxylic acids is 1. The molecule has 0 amide bonds. The van der Waals surface area contributed by atoms with Crippen LogP contribution in [0, 0.1) is 0 Å². The zero-order valence-corrected chi connectivity index (χ0v) is 13.0. The van der Waals surface area contributed by atoms with Crippen LogP contribution in [0.3, 0.4) is 0 Å². The van der Waals surface area contributed by atoms with Crippen LogP contribution in [0.2, 0.25) is 0 Å². The molecule has 4 rings (SSSR count). The lowest BCUT2D eigenvalue weighted by molar-refractivity contribution is 0.0687. The van der Waals surface area contributed by atoms with E-state index in [1.165, 1.54) is 21.8 Å². The van der Waals surface area contributed by atoms with Crippen molar-refractivity contribution in [2.45, 2.75) is 6.42 Å². The number of fused-ring (bicyclic) bond motifs is 1. The van der Waals surface area contributed by atoms with Gasteiger partial charge in [-0.3, -0.25) is 0 Å². The molecule has 0 fully saturated rings. The molecule has 3 aromatic rings. The fourth-order valence-corrected chi connectivity index (χ4v) is 3.08. The van der Waals surface area contributed by atoms with Crippen LogP contribution in [0.4, 0.5) is 5.82 Å². The average Bonchev–Trinajstić information content (AvgIpc) is 3.11. The zero-order chi connectivity index (χ0) is 16.5. The molecule has 1 aliphatic heterocycles. The van der Waals surface area contributed by atoms with Gasteiger partial charge in [-0.1, -0.05) is 36.4 Å². The van der Waals surface area contributed by atoms with Crippen LogP contribution in [-0.2, 0) is 0 Å². The summed E-state index contributed by atoms with van der Waals surface area (Å²) in [6, 6.07) is 12.1. The number of nitrogens with zero attached hydrogens (tertiary/aromatic N) is 4. The summed E-state index contributed by atoms with van der Waals surface area (Å²) in [4.78, 5) is 17.9. The molecule has 0 aliphatic carbocycles.